The van der Waals surface area contributed by atoms with E-state index in [4.69, 9.17) is 0 Å². The quantitative estimate of drug-likeness (QED) is 0.0338. The third-order valence-corrected chi connectivity index (χ3v) is 15.8. The van der Waals surface area contributed by atoms with E-state index >= 15 is 0 Å². The summed E-state index contributed by atoms with van der Waals surface area (Å²) >= 11 is 0. The molecule has 0 N–H and O–H groups in total. The summed E-state index contributed by atoms with van der Waals surface area (Å²) in [6, 6.07) is 31.2. The van der Waals surface area contributed by atoms with Crippen LogP contribution in [0.1, 0.15) is 141 Å². The minimum absolute atomic E-state index is 0.283. The van der Waals surface area contributed by atoms with Crippen molar-refractivity contribution in [2.45, 2.75) is 156 Å². The van der Waals surface area contributed by atoms with Crippen molar-refractivity contribution in [1.29, 1.82) is 0 Å². The van der Waals surface area contributed by atoms with Gasteiger partial charge in [-0.25, -0.2) is 27.5 Å². The summed E-state index contributed by atoms with van der Waals surface area (Å²) in [6.07, 6.45) is 34.9. The number of fused-ring (bicyclic) bond motifs is 6. The van der Waals surface area contributed by atoms with Crippen LogP contribution in [0.2, 0.25) is 0 Å². The molecule has 0 saturated carbocycles. The second kappa shape index (κ2) is 27.0. The second-order valence-electron chi connectivity index (χ2n) is 20.6. The zero-order chi connectivity index (χ0) is 50.8. The van der Waals surface area contributed by atoms with Crippen molar-refractivity contribution in [2.75, 3.05) is 41.7 Å². The molecule has 4 aromatic carbocycles. The first-order valence-electron chi connectivity index (χ1n) is 28.1. The molecular formula is C63H81N6O3S+. The molecule has 0 bridgehead atoms. The van der Waals surface area contributed by atoms with Gasteiger partial charge in [-0.2, -0.15) is 0 Å². The number of pyridine rings is 2. The molecule has 2 aliphatic heterocycles. The highest BCUT2D eigenvalue weighted by atomic mass is 32.2. The van der Waals surface area contributed by atoms with E-state index in [9.17, 15) is 13.0 Å². The monoisotopic (exact) mass is 1000 g/mol. The number of hydrogen-bond donors (Lipinski definition) is 0. The first-order valence-corrected chi connectivity index (χ1v) is 29.7. The lowest BCUT2D eigenvalue weighted by Gasteiger charge is -2.35. The van der Waals surface area contributed by atoms with E-state index in [2.05, 4.69) is 159 Å². The molecule has 5 heterocycles. The Morgan fingerprint density at radius 3 is 1.40 bits per heavy atom. The van der Waals surface area contributed by atoms with Gasteiger partial charge in [0.1, 0.15) is 13.1 Å². The van der Waals surface area contributed by atoms with Gasteiger partial charge >= 0.3 is 0 Å². The Kier molecular flexibility index (Phi) is 19.8. The first kappa shape index (κ1) is 53.6. The number of rotatable bonds is 24. The zero-order valence-corrected chi connectivity index (χ0v) is 45.1. The normalized spacial score (nSPS) is 13.5. The number of nitrogens with zero attached hydrogens (tertiary/aromatic N) is 6. The van der Waals surface area contributed by atoms with Gasteiger partial charge in [0.05, 0.1) is 10.1 Å². The van der Waals surface area contributed by atoms with Crippen LogP contribution in [0.5, 0.6) is 0 Å². The lowest BCUT2D eigenvalue weighted by atomic mass is 9.85. The molecule has 73 heavy (non-hydrogen) atoms. The Hall–Kier alpha value is -5.71. The Balaban J connectivity index is 0.000000201. The van der Waals surface area contributed by atoms with E-state index in [0.29, 0.717) is 12.8 Å². The number of anilines is 2. The van der Waals surface area contributed by atoms with Crippen LogP contribution in [0, 0.1) is 0 Å². The summed E-state index contributed by atoms with van der Waals surface area (Å²) in [6.45, 7) is 12.9. The van der Waals surface area contributed by atoms with Crippen molar-refractivity contribution in [1.82, 2.24) is 9.97 Å². The molecule has 2 aliphatic rings. The fraction of sp³-hybridized carbons (Fsp3) is 0.460. The lowest BCUT2D eigenvalue weighted by Crippen LogP contribution is -2.32. The Bertz CT molecular complexity index is 2860. The summed E-state index contributed by atoms with van der Waals surface area (Å²) in [5, 5.41) is 5.22. The molecule has 0 saturated heterocycles. The first-order chi connectivity index (χ1) is 35.7. The van der Waals surface area contributed by atoms with Gasteiger partial charge in [0, 0.05) is 115 Å². The summed E-state index contributed by atoms with van der Waals surface area (Å²) < 4.78 is 37.9. The second-order valence-corrected chi connectivity index (χ2v) is 22.1. The molecule has 9 nitrogen and oxygen atoms in total. The third-order valence-electron chi connectivity index (χ3n) is 15.0. The van der Waals surface area contributed by atoms with Gasteiger partial charge in [-0.1, -0.05) is 121 Å². The van der Waals surface area contributed by atoms with Crippen LogP contribution in [0.15, 0.2) is 122 Å². The van der Waals surface area contributed by atoms with Gasteiger partial charge in [0.25, 0.3) is 0 Å². The number of aryl methyl sites for hydroxylation is 4. The molecule has 7 aromatic rings. The highest BCUT2D eigenvalue weighted by molar-refractivity contribution is 7.85. The summed E-state index contributed by atoms with van der Waals surface area (Å²) in [5.74, 6) is 0.497. The average molecular weight is 1000 g/mol. The minimum atomic E-state index is -4.16. The van der Waals surface area contributed by atoms with Crippen molar-refractivity contribution in [3.8, 4) is 33.6 Å². The van der Waals surface area contributed by atoms with E-state index in [1.807, 2.05) is 12.4 Å². The molecule has 10 heteroatoms. The zero-order valence-electron chi connectivity index (χ0n) is 44.2. The van der Waals surface area contributed by atoms with Crippen molar-refractivity contribution < 1.29 is 22.1 Å². The SMILES string of the molecule is CCCCCCC[n+]1ccc(-c2cnc(-c3cc[n+](CCCCCCC)cc3)nc2)cc1.CCCCCN1CCCc2cc(-c3cc4c(c5ccccc35)N(CCCCS(=O)(=O)[O-])CCC4)c3ccccc3c21. The topological polar surface area (TPSA) is 97.2 Å². The van der Waals surface area contributed by atoms with Gasteiger partial charge in [0.2, 0.25) is 0 Å². The molecular weight excluding hydrogens is 921 g/mol. The van der Waals surface area contributed by atoms with Crippen LogP contribution in [0.25, 0.3) is 55.2 Å². The van der Waals surface area contributed by atoms with Gasteiger partial charge in [-0.15, -0.1) is 0 Å². The Labute approximate surface area is 437 Å². The maximum atomic E-state index is 11.1. The van der Waals surface area contributed by atoms with E-state index < -0.39 is 10.1 Å². The molecule has 3 aromatic heterocycles. The van der Waals surface area contributed by atoms with E-state index in [0.717, 1.165) is 81.0 Å². The number of aromatic nitrogens is 4. The summed E-state index contributed by atoms with van der Waals surface area (Å²) in [5.41, 5.74) is 11.5. The van der Waals surface area contributed by atoms with Gasteiger partial charge in [-0.05, 0) is 109 Å². The van der Waals surface area contributed by atoms with Gasteiger partial charge in [-0.3, -0.25) is 0 Å². The molecule has 0 radical (unpaired) electrons. The Morgan fingerprint density at radius 2 is 0.932 bits per heavy atom. The molecule has 9 rings (SSSR count). The van der Waals surface area contributed by atoms with Crippen LogP contribution in [0.4, 0.5) is 11.4 Å². The Morgan fingerprint density at radius 1 is 0.507 bits per heavy atom. The minimum Gasteiger partial charge on any atom is -0.748 e. The van der Waals surface area contributed by atoms with Crippen molar-refractivity contribution in [2.24, 2.45) is 0 Å². The number of hydrogen-bond acceptors (Lipinski definition) is 7. The van der Waals surface area contributed by atoms with Crippen LogP contribution >= 0.6 is 0 Å². The van der Waals surface area contributed by atoms with Crippen molar-refractivity contribution in [3.63, 3.8) is 0 Å². The molecule has 0 aliphatic carbocycles. The predicted molar refractivity (Wildman–Crippen MR) is 302 cm³/mol. The van der Waals surface area contributed by atoms with Crippen molar-refractivity contribution >= 4 is 43.0 Å². The fourth-order valence-electron chi connectivity index (χ4n) is 11.1. The molecule has 0 fully saturated rings. The largest absolute Gasteiger partial charge is 0.748 e. The molecule has 386 valence electrons. The molecule has 0 unspecified atom stereocenters. The predicted octanol–water partition coefficient (Wildman–Crippen LogP) is 14.0. The van der Waals surface area contributed by atoms with Crippen LogP contribution in [-0.2, 0) is 36.0 Å². The fourth-order valence-corrected chi connectivity index (χ4v) is 11.7. The maximum absolute atomic E-state index is 11.1. The van der Waals surface area contributed by atoms with Crippen LogP contribution < -0.4 is 18.9 Å². The molecule has 0 atom stereocenters. The van der Waals surface area contributed by atoms with Crippen LogP contribution in [-0.4, -0.2) is 54.9 Å². The maximum Gasteiger partial charge on any atom is 0.169 e. The number of benzene rings is 4. The van der Waals surface area contributed by atoms with E-state index in [-0.39, 0.29) is 5.75 Å². The van der Waals surface area contributed by atoms with E-state index in [1.165, 1.54) is 145 Å². The summed E-state index contributed by atoms with van der Waals surface area (Å²) in [7, 11) is -4.16. The smallest absolute Gasteiger partial charge is 0.169 e. The van der Waals surface area contributed by atoms with Crippen LogP contribution in [0.3, 0.4) is 0 Å². The highest BCUT2D eigenvalue weighted by Gasteiger charge is 2.26. The van der Waals surface area contributed by atoms with Crippen molar-refractivity contribution in [3.05, 3.63) is 133 Å². The summed E-state index contributed by atoms with van der Waals surface area (Å²) in [4.78, 5) is 14.3. The third kappa shape index (κ3) is 14.5. The standard InChI is InChI=1S/C35H42N2O3S.C28H40N4/c1-2-3-8-19-36-21-11-13-26-24-32(28-15-4-6-17-30(28)34(26)36)33-25-27-14-12-22-37(20-9-10-23-41(38,39)40)35(27)31-18-7-5-16-29(31)33;1-3-5-7-9-11-17-31-19-13-25(14-20-31)27-23-29-28(30-24-27)26-15-21-32(22-16-26)18-12-10-8-6-4-2/h4-7,15-18,24-25H,2-3,8-14,19-23H2,1H3,(H,38,39,40);13-16,19-24H,3-12,17-18H2,1-2H3/q;+2/p-1. The highest BCUT2D eigenvalue weighted by Crippen LogP contribution is 2.46. The van der Waals surface area contributed by atoms with E-state index in [1.54, 1.807) is 0 Å². The average Bonchev–Trinajstić information content (AvgIpc) is 3.42. The van der Waals surface area contributed by atoms with Gasteiger partial charge < -0.3 is 14.4 Å². The molecule has 0 amide bonds. The number of unbranched alkanes of at least 4 members (excludes halogenated alkanes) is 11. The molecule has 0 spiro atoms. The van der Waals surface area contributed by atoms with Gasteiger partial charge in [0.15, 0.2) is 30.6 Å². The lowest BCUT2D eigenvalue weighted by molar-refractivity contribution is -0.697.